The van der Waals surface area contributed by atoms with E-state index in [1.54, 1.807) is 18.2 Å². The first-order valence-corrected chi connectivity index (χ1v) is 11.5. The minimum atomic E-state index is -0.355. The molecule has 0 bridgehead atoms. The molecule has 1 aliphatic rings. The van der Waals surface area contributed by atoms with Gasteiger partial charge in [0.05, 0.1) is 0 Å². The van der Waals surface area contributed by atoms with Gasteiger partial charge in [-0.3, -0.25) is 9.69 Å². The second kappa shape index (κ2) is 10.3. The Morgan fingerprint density at radius 3 is 2.27 bits per heavy atom. The first-order chi connectivity index (χ1) is 15.9. The fourth-order valence-electron chi connectivity index (χ4n) is 4.76. The van der Waals surface area contributed by atoms with E-state index in [-0.39, 0.29) is 35.4 Å². The van der Waals surface area contributed by atoms with E-state index in [9.17, 15) is 13.6 Å². The smallest absolute Gasteiger partial charge is 0.254 e. The molecule has 3 aromatic rings. The first-order valence-electron chi connectivity index (χ1n) is 11.5. The normalized spacial score (nSPS) is 18.6. The van der Waals surface area contributed by atoms with Gasteiger partial charge >= 0.3 is 0 Å². The molecule has 4 rings (SSSR count). The van der Waals surface area contributed by atoms with Crippen molar-refractivity contribution < 1.29 is 13.6 Å². The molecule has 3 aromatic carbocycles. The predicted molar refractivity (Wildman–Crippen MR) is 127 cm³/mol. The molecular formula is C28H30F2N2O. The Labute approximate surface area is 194 Å². The lowest BCUT2D eigenvalue weighted by Crippen LogP contribution is -2.42. The molecule has 1 saturated heterocycles. The highest BCUT2D eigenvalue weighted by atomic mass is 19.1. The molecule has 1 heterocycles. The molecule has 0 spiro atoms. The summed E-state index contributed by atoms with van der Waals surface area (Å²) in [5, 5.41) is 0. The monoisotopic (exact) mass is 448 g/mol. The Morgan fingerprint density at radius 2 is 1.61 bits per heavy atom. The van der Waals surface area contributed by atoms with Crippen LogP contribution in [0.1, 0.15) is 41.3 Å². The Hall–Kier alpha value is -3.05. The first kappa shape index (κ1) is 23.1. The number of rotatable bonds is 7. The fourth-order valence-corrected chi connectivity index (χ4v) is 4.76. The van der Waals surface area contributed by atoms with Crippen molar-refractivity contribution >= 4 is 5.91 Å². The van der Waals surface area contributed by atoms with Crippen LogP contribution in [0, 0.1) is 17.6 Å². The molecular weight excluding hydrogens is 418 g/mol. The molecule has 0 saturated carbocycles. The highest BCUT2D eigenvalue weighted by molar-refractivity contribution is 5.94. The maximum Gasteiger partial charge on any atom is 0.254 e. The van der Waals surface area contributed by atoms with Gasteiger partial charge in [0, 0.05) is 49.3 Å². The molecule has 2 unspecified atom stereocenters. The van der Waals surface area contributed by atoms with Gasteiger partial charge in [0.2, 0.25) is 0 Å². The molecule has 3 nitrogen and oxygen atoms in total. The second-order valence-corrected chi connectivity index (χ2v) is 9.12. The lowest BCUT2D eigenvalue weighted by molar-refractivity contribution is 0.0668. The Bertz CT molecular complexity index is 1070. The van der Waals surface area contributed by atoms with Crippen LogP contribution in [0.4, 0.5) is 8.78 Å². The third kappa shape index (κ3) is 5.48. The molecule has 1 fully saturated rings. The number of likely N-dealkylation sites (tertiary alicyclic amines) is 1. The van der Waals surface area contributed by atoms with Gasteiger partial charge in [-0.05, 0) is 55.7 Å². The molecule has 33 heavy (non-hydrogen) atoms. The molecule has 5 heteroatoms. The lowest BCUT2D eigenvalue weighted by atomic mass is 9.88. The topological polar surface area (TPSA) is 23.6 Å². The van der Waals surface area contributed by atoms with E-state index < -0.39 is 0 Å². The Morgan fingerprint density at radius 1 is 0.939 bits per heavy atom. The number of nitrogens with zero attached hydrogens (tertiary/aromatic N) is 2. The van der Waals surface area contributed by atoms with Crippen molar-refractivity contribution in [3.63, 3.8) is 0 Å². The van der Waals surface area contributed by atoms with Crippen LogP contribution in [-0.2, 0) is 6.54 Å². The predicted octanol–water partition coefficient (Wildman–Crippen LogP) is 5.73. The van der Waals surface area contributed by atoms with Crippen LogP contribution in [0.15, 0.2) is 78.9 Å². The van der Waals surface area contributed by atoms with Crippen molar-refractivity contribution in [2.75, 3.05) is 19.6 Å². The van der Waals surface area contributed by atoms with Crippen molar-refractivity contribution in [2.24, 2.45) is 5.92 Å². The highest BCUT2D eigenvalue weighted by Crippen LogP contribution is 2.35. The zero-order chi connectivity index (χ0) is 23.4. The van der Waals surface area contributed by atoms with Gasteiger partial charge in [-0.25, -0.2) is 8.78 Å². The van der Waals surface area contributed by atoms with Crippen molar-refractivity contribution in [3.05, 3.63) is 107 Å². The van der Waals surface area contributed by atoms with E-state index >= 15 is 0 Å². The summed E-state index contributed by atoms with van der Waals surface area (Å²) in [7, 11) is 0. The summed E-state index contributed by atoms with van der Waals surface area (Å²) in [6.07, 6.45) is 0. The summed E-state index contributed by atoms with van der Waals surface area (Å²) in [6, 6.07) is 23.0. The Kier molecular flexibility index (Phi) is 7.19. The van der Waals surface area contributed by atoms with Crippen molar-refractivity contribution in [1.82, 2.24) is 9.80 Å². The number of hydrogen-bond acceptors (Lipinski definition) is 2. The lowest BCUT2D eigenvalue weighted by Gasteiger charge is -2.32. The molecule has 172 valence electrons. The van der Waals surface area contributed by atoms with Crippen LogP contribution >= 0.6 is 0 Å². The van der Waals surface area contributed by atoms with E-state index in [1.807, 2.05) is 49.1 Å². The maximum atomic E-state index is 14.3. The van der Waals surface area contributed by atoms with Gasteiger partial charge in [-0.2, -0.15) is 0 Å². The quantitative estimate of drug-likeness (QED) is 0.461. The zero-order valence-electron chi connectivity index (χ0n) is 19.1. The van der Waals surface area contributed by atoms with E-state index in [4.69, 9.17) is 0 Å². The minimum Gasteiger partial charge on any atom is -0.336 e. The van der Waals surface area contributed by atoms with E-state index in [2.05, 4.69) is 17.0 Å². The SMILES string of the molecule is CC(C)N(CC1CN(Cc2ccccc2F)CC1c1ccccc1)C(=O)c1ccc(F)cc1. The maximum absolute atomic E-state index is 14.3. The highest BCUT2D eigenvalue weighted by Gasteiger charge is 2.36. The fraction of sp³-hybridized carbons (Fsp3) is 0.321. The van der Waals surface area contributed by atoms with Crippen LogP contribution in [0.3, 0.4) is 0 Å². The van der Waals surface area contributed by atoms with Gasteiger partial charge in [-0.1, -0.05) is 48.5 Å². The Balaban J connectivity index is 1.57. The molecule has 0 aromatic heterocycles. The number of benzene rings is 3. The summed E-state index contributed by atoms with van der Waals surface area (Å²) in [4.78, 5) is 17.4. The molecule has 1 aliphatic heterocycles. The molecule has 0 N–H and O–H groups in total. The number of amides is 1. The molecule has 2 atom stereocenters. The zero-order valence-corrected chi connectivity index (χ0v) is 19.1. The van der Waals surface area contributed by atoms with Crippen LogP contribution in [0.25, 0.3) is 0 Å². The number of hydrogen-bond donors (Lipinski definition) is 0. The van der Waals surface area contributed by atoms with Crippen molar-refractivity contribution in [1.29, 1.82) is 0 Å². The van der Waals surface area contributed by atoms with Gasteiger partial charge in [0.25, 0.3) is 5.91 Å². The molecule has 1 amide bonds. The van der Waals surface area contributed by atoms with E-state index in [0.717, 1.165) is 13.1 Å². The minimum absolute atomic E-state index is 0.000376. The molecule has 0 aliphatic carbocycles. The standard InChI is InChI=1S/C28H30F2N2O/c1-20(2)32(28(33)22-12-14-25(29)15-13-22)18-24-17-31(16-23-10-6-7-11-27(23)30)19-26(24)21-8-4-3-5-9-21/h3-15,20,24,26H,16-19H2,1-2H3. The summed E-state index contributed by atoms with van der Waals surface area (Å²) in [5.41, 5.74) is 2.41. The van der Waals surface area contributed by atoms with Crippen LogP contribution in [0.5, 0.6) is 0 Å². The average molecular weight is 449 g/mol. The van der Waals surface area contributed by atoms with Gasteiger partial charge in [0.1, 0.15) is 11.6 Å². The number of carbonyl (C=O) groups excluding carboxylic acids is 1. The largest absolute Gasteiger partial charge is 0.336 e. The number of carbonyl (C=O) groups is 1. The van der Waals surface area contributed by atoms with Gasteiger partial charge < -0.3 is 4.90 Å². The average Bonchev–Trinajstić information content (AvgIpc) is 3.22. The van der Waals surface area contributed by atoms with Crippen LogP contribution < -0.4 is 0 Å². The van der Waals surface area contributed by atoms with Crippen LogP contribution in [0.2, 0.25) is 0 Å². The van der Waals surface area contributed by atoms with Crippen LogP contribution in [-0.4, -0.2) is 41.4 Å². The summed E-state index contributed by atoms with van der Waals surface area (Å²) < 4.78 is 27.7. The summed E-state index contributed by atoms with van der Waals surface area (Å²) >= 11 is 0. The summed E-state index contributed by atoms with van der Waals surface area (Å²) in [6.45, 7) is 6.71. The van der Waals surface area contributed by atoms with Crippen molar-refractivity contribution in [3.8, 4) is 0 Å². The van der Waals surface area contributed by atoms with Gasteiger partial charge in [0.15, 0.2) is 0 Å². The van der Waals surface area contributed by atoms with Crippen molar-refractivity contribution in [2.45, 2.75) is 32.4 Å². The second-order valence-electron chi connectivity index (χ2n) is 9.12. The number of halogens is 2. The van der Waals surface area contributed by atoms with Gasteiger partial charge in [-0.15, -0.1) is 0 Å². The van der Waals surface area contributed by atoms with E-state index in [1.165, 1.54) is 23.8 Å². The summed E-state index contributed by atoms with van der Waals surface area (Å²) in [5.74, 6) is -0.200. The molecule has 0 radical (unpaired) electrons. The third-order valence-electron chi connectivity index (χ3n) is 6.50. The van der Waals surface area contributed by atoms with E-state index in [0.29, 0.717) is 24.2 Å². The third-order valence-corrected chi connectivity index (χ3v) is 6.50.